The van der Waals surface area contributed by atoms with Crippen LogP contribution in [0.2, 0.25) is 5.02 Å². The fourth-order valence-corrected chi connectivity index (χ4v) is 3.43. The number of rotatable bonds is 8. The third-order valence-electron chi connectivity index (χ3n) is 4.91. The number of benzene rings is 2. The quantitative estimate of drug-likeness (QED) is 0.622. The average Bonchev–Trinajstić information content (AvgIpc) is 3.17. The summed E-state index contributed by atoms with van der Waals surface area (Å²) < 4.78 is 10.3. The molecule has 3 rings (SSSR count). The molecule has 3 amide bonds. The van der Waals surface area contributed by atoms with E-state index in [-0.39, 0.29) is 50.6 Å². The van der Waals surface area contributed by atoms with Crippen LogP contribution in [0.5, 0.6) is 5.75 Å². The smallest absolute Gasteiger partial charge is 0.254 e. The Bertz CT molecular complexity index is 968. The molecule has 0 aromatic heterocycles. The highest BCUT2D eigenvalue weighted by molar-refractivity contribution is 6.31. The molecule has 0 aliphatic carbocycles. The van der Waals surface area contributed by atoms with Gasteiger partial charge in [-0.15, -0.1) is 0 Å². The fourth-order valence-electron chi connectivity index (χ4n) is 3.24. The number of methoxy groups -OCH3 is 2. The third kappa shape index (κ3) is 5.53. The Kier molecular flexibility index (Phi) is 7.49. The Labute approximate surface area is 185 Å². The first kappa shape index (κ1) is 22.6. The minimum Gasteiger partial charge on any atom is -0.497 e. The lowest BCUT2D eigenvalue weighted by Gasteiger charge is -2.25. The van der Waals surface area contributed by atoms with Crippen molar-refractivity contribution >= 4 is 35.0 Å². The summed E-state index contributed by atoms with van der Waals surface area (Å²) in [6, 6.07) is 13.6. The van der Waals surface area contributed by atoms with Gasteiger partial charge in [0, 0.05) is 29.9 Å². The Morgan fingerprint density at radius 2 is 1.90 bits per heavy atom. The zero-order valence-electron chi connectivity index (χ0n) is 17.4. The Morgan fingerprint density at radius 1 is 1.13 bits per heavy atom. The second-order valence-electron chi connectivity index (χ2n) is 6.99. The standard InChI is InChI=1S/C22H24ClN3O5/c1-30-10-9-24(22(29)16-5-3-8-19(11-16)31-2)13-20(27)25-14-21(28)26(15-25)18-7-4-6-17(23)12-18/h3-8,11-12H,9-10,13-15H2,1-2H3. The van der Waals surface area contributed by atoms with Gasteiger partial charge in [-0.25, -0.2) is 0 Å². The summed E-state index contributed by atoms with van der Waals surface area (Å²) in [6.07, 6.45) is 0. The van der Waals surface area contributed by atoms with Gasteiger partial charge in [-0.2, -0.15) is 0 Å². The Hall–Kier alpha value is -3.10. The number of carbonyl (C=O) groups is 3. The average molecular weight is 446 g/mol. The highest BCUT2D eigenvalue weighted by atomic mass is 35.5. The Morgan fingerprint density at radius 3 is 2.61 bits per heavy atom. The number of ether oxygens (including phenoxy) is 2. The molecule has 2 aromatic carbocycles. The molecule has 2 aromatic rings. The number of nitrogens with zero attached hydrogens (tertiary/aromatic N) is 3. The number of anilines is 1. The van der Waals surface area contributed by atoms with Crippen molar-refractivity contribution in [2.75, 3.05) is 52.0 Å². The molecule has 0 bridgehead atoms. The SMILES string of the molecule is COCCN(CC(=O)N1CC(=O)N(c2cccc(Cl)c2)C1)C(=O)c1cccc(OC)c1. The van der Waals surface area contributed by atoms with Crippen molar-refractivity contribution in [3.05, 3.63) is 59.1 Å². The van der Waals surface area contributed by atoms with Crippen LogP contribution in [-0.4, -0.2) is 74.7 Å². The topological polar surface area (TPSA) is 79.4 Å². The van der Waals surface area contributed by atoms with E-state index in [1.807, 2.05) is 0 Å². The van der Waals surface area contributed by atoms with Gasteiger partial charge >= 0.3 is 0 Å². The summed E-state index contributed by atoms with van der Waals surface area (Å²) in [5.74, 6) is -0.309. The van der Waals surface area contributed by atoms with E-state index in [2.05, 4.69) is 0 Å². The number of hydrogen-bond acceptors (Lipinski definition) is 5. The van der Waals surface area contributed by atoms with Gasteiger partial charge < -0.3 is 19.3 Å². The molecular formula is C22H24ClN3O5. The summed E-state index contributed by atoms with van der Waals surface area (Å²) in [5.41, 5.74) is 1.03. The van der Waals surface area contributed by atoms with Crippen molar-refractivity contribution in [1.82, 2.24) is 9.80 Å². The zero-order chi connectivity index (χ0) is 22.4. The maximum Gasteiger partial charge on any atom is 0.254 e. The lowest BCUT2D eigenvalue weighted by atomic mass is 10.2. The number of amides is 3. The molecule has 1 aliphatic rings. The monoisotopic (exact) mass is 445 g/mol. The number of carbonyl (C=O) groups excluding carboxylic acids is 3. The van der Waals surface area contributed by atoms with Crippen LogP contribution in [0.15, 0.2) is 48.5 Å². The van der Waals surface area contributed by atoms with E-state index in [0.29, 0.717) is 22.0 Å². The normalized spacial score (nSPS) is 13.5. The van der Waals surface area contributed by atoms with Crippen molar-refractivity contribution in [3.63, 3.8) is 0 Å². The predicted octanol–water partition coefficient (Wildman–Crippen LogP) is 2.27. The fraction of sp³-hybridized carbons (Fsp3) is 0.318. The van der Waals surface area contributed by atoms with Crippen molar-refractivity contribution < 1.29 is 23.9 Å². The molecule has 1 heterocycles. The molecule has 0 saturated carbocycles. The highest BCUT2D eigenvalue weighted by Crippen LogP contribution is 2.23. The highest BCUT2D eigenvalue weighted by Gasteiger charge is 2.33. The molecule has 0 atom stereocenters. The first-order chi connectivity index (χ1) is 14.9. The van der Waals surface area contributed by atoms with Gasteiger partial charge in [-0.1, -0.05) is 23.7 Å². The molecule has 9 heteroatoms. The van der Waals surface area contributed by atoms with E-state index < -0.39 is 0 Å². The van der Waals surface area contributed by atoms with Crippen LogP contribution in [-0.2, 0) is 14.3 Å². The molecular weight excluding hydrogens is 422 g/mol. The summed E-state index contributed by atoms with van der Waals surface area (Å²) in [6.45, 7) is 0.380. The third-order valence-corrected chi connectivity index (χ3v) is 5.14. The van der Waals surface area contributed by atoms with Crippen molar-refractivity contribution in [3.8, 4) is 5.75 Å². The van der Waals surface area contributed by atoms with Crippen LogP contribution in [0.25, 0.3) is 0 Å². The first-order valence-corrected chi connectivity index (χ1v) is 10.1. The summed E-state index contributed by atoms with van der Waals surface area (Å²) in [4.78, 5) is 42.7. The van der Waals surface area contributed by atoms with Gasteiger partial charge in [0.15, 0.2) is 0 Å². The van der Waals surface area contributed by atoms with E-state index in [1.165, 1.54) is 28.9 Å². The molecule has 0 spiro atoms. The van der Waals surface area contributed by atoms with Crippen LogP contribution in [0.1, 0.15) is 10.4 Å². The van der Waals surface area contributed by atoms with E-state index in [1.54, 1.807) is 48.5 Å². The molecule has 8 nitrogen and oxygen atoms in total. The number of halogens is 1. The minimum absolute atomic E-state index is 0.0587. The van der Waals surface area contributed by atoms with Crippen molar-refractivity contribution in [1.29, 1.82) is 0 Å². The molecule has 1 saturated heterocycles. The molecule has 1 fully saturated rings. The molecule has 0 radical (unpaired) electrons. The van der Waals surface area contributed by atoms with E-state index >= 15 is 0 Å². The second kappa shape index (κ2) is 10.3. The largest absolute Gasteiger partial charge is 0.497 e. The van der Waals surface area contributed by atoms with Crippen LogP contribution >= 0.6 is 11.6 Å². The lowest BCUT2D eigenvalue weighted by Crippen LogP contribution is -2.44. The van der Waals surface area contributed by atoms with Gasteiger partial charge in [-0.3, -0.25) is 19.3 Å². The molecule has 164 valence electrons. The van der Waals surface area contributed by atoms with Crippen LogP contribution in [0.4, 0.5) is 5.69 Å². The van der Waals surface area contributed by atoms with Crippen LogP contribution in [0.3, 0.4) is 0 Å². The molecule has 31 heavy (non-hydrogen) atoms. The van der Waals surface area contributed by atoms with Gasteiger partial charge in [0.05, 0.1) is 13.7 Å². The predicted molar refractivity (Wildman–Crippen MR) is 116 cm³/mol. The second-order valence-corrected chi connectivity index (χ2v) is 7.42. The van der Waals surface area contributed by atoms with Gasteiger partial charge in [0.2, 0.25) is 11.8 Å². The van der Waals surface area contributed by atoms with Crippen molar-refractivity contribution in [2.24, 2.45) is 0 Å². The van der Waals surface area contributed by atoms with Crippen molar-refractivity contribution in [2.45, 2.75) is 0 Å². The maximum atomic E-state index is 13.0. The van der Waals surface area contributed by atoms with Gasteiger partial charge in [-0.05, 0) is 36.4 Å². The maximum absolute atomic E-state index is 13.0. The zero-order valence-corrected chi connectivity index (χ0v) is 18.2. The van der Waals surface area contributed by atoms with Crippen LogP contribution in [0, 0.1) is 0 Å². The Balaban J connectivity index is 1.71. The van der Waals surface area contributed by atoms with Gasteiger partial charge in [0.1, 0.15) is 25.5 Å². The van der Waals surface area contributed by atoms with Gasteiger partial charge in [0.25, 0.3) is 5.91 Å². The molecule has 0 unspecified atom stereocenters. The molecule has 1 aliphatic heterocycles. The van der Waals surface area contributed by atoms with E-state index in [0.717, 1.165) is 0 Å². The first-order valence-electron chi connectivity index (χ1n) is 9.69. The number of hydrogen-bond donors (Lipinski definition) is 0. The summed E-state index contributed by atoms with van der Waals surface area (Å²) in [5, 5.41) is 0.504. The minimum atomic E-state index is -0.328. The summed E-state index contributed by atoms with van der Waals surface area (Å²) in [7, 11) is 3.05. The van der Waals surface area contributed by atoms with Crippen LogP contribution < -0.4 is 9.64 Å². The lowest BCUT2D eigenvalue weighted by molar-refractivity contribution is -0.132. The summed E-state index contributed by atoms with van der Waals surface area (Å²) >= 11 is 6.02. The van der Waals surface area contributed by atoms with E-state index in [9.17, 15) is 14.4 Å². The van der Waals surface area contributed by atoms with E-state index in [4.69, 9.17) is 21.1 Å². The molecule has 0 N–H and O–H groups in total.